The van der Waals surface area contributed by atoms with Crippen LogP contribution in [0, 0.1) is 0 Å². The number of likely N-dealkylation sites (tertiary alicyclic amines) is 1. The summed E-state index contributed by atoms with van der Waals surface area (Å²) in [5.41, 5.74) is 3.09. The Labute approximate surface area is 117 Å². The number of piperidine rings is 1. The third-order valence-electron chi connectivity index (χ3n) is 4.91. The number of nitrogens with zero attached hydrogens (tertiary/aromatic N) is 1. The molecule has 3 rings (SSSR count). The van der Waals surface area contributed by atoms with Crippen molar-refractivity contribution < 1.29 is 0 Å². The smallest absolute Gasteiger partial charge is 0.0484 e. The molecular formula is C17H26N2. The number of benzene rings is 1. The molecule has 1 fully saturated rings. The average molecular weight is 258 g/mol. The fourth-order valence-electron chi connectivity index (χ4n) is 3.96. The molecule has 1 aromatic carbocycles. The molecule has 19 heavy (non-hydrogen) atoms. The fourth-order valence-corrected chi connectivity index (χ4v) is 3.96. The molecule has 2 nitrogen and oxygen atoms in total. The Morgan fingerprint density at radius 2 is 2.11 bits per heavy atom. The summed E-state index contributed by atoms with van der Waals surface area (Å²) in [7, 11) is 0. The standard InChI is InChI=1S/C17H26N2/c1-3-18-17-15-10-5-4-9-14(15)12-16(17)19-11-7-6-8-13(19)2/h4-5,9-10,13,16-18H,3,6-8,11-12H2,1-2H3. The second-order valence-electron chi connectivity index (χ2n) is 6.09. The molecule has 0 aromatic heterocycles. The molecule has 0 spiro atoms. The van der Waals surface area contributed by atoms with E-state index in [1.807, 2.05) is 0 Å². The van der Waals surface area contributed by atoms with Gasteiger partial charge in [0.2, 0.25) is 0 Å². The quantitative estimate of drug-likeness (QED) is 0.896. The molecular weight excluding hydrogens is 232 g/mol. The summed E-state index contributed by atoms with van der Waals surface area (Å²) in [5, 5.41) is 3.73. The summed E-state index contributed by atoms with van der Waals surface area (Å²) in [6.07, 6.45) is 5.36. The average Bonchev–Trinajstić information content (AvgIpc) is 2.79. The van der Waals surface area contributed by atoms with Crippen molar-refractivity contribution in [3.8, 4) is 0 Å². The second kappa shape index (κ2) is 5.64. The van der Waals surface area contributed by atoms with Crippen LogP contribution in [0.15, 0.2) is 24.3 Å². The molecule has 0 saturated carbocycles. The van der Waals surface area contributed by atoms with E-state index in [0.717, 1.165) is 12.6 Å². The lowest BCUT2D eigenvalue weighted by Crippen LogP contribution is -2.49. The van der Waals surface area contributed by atoms with E-state index in [4.69, 9.17) is 0 Å². The third-order valence-corrected chi connectivity index (χ3v) is 4.91. The van der Waals surface area contributed by atoms with Crippen LogP contribution >= 0.6 is 0 Å². The number of fused-ring (bicyclic) bond motifs is 1. The Bertz CT molecular complexity index is 429. The third kappa shape index (κ3) is 2.44. The van der Waals surface area contributed by atoms with E-state index in [2.05, 4.69) is 48.3 Å². The van der Waals surface area contributed by atoms with Crippen molar-refractivity contribution in [2.24, 2.45) is 0 Å². The molecule has 1 aliphatic carbocycles. The lowest BCUT2D eigenvalue weighted by molar-refractivity contribution is 0.0881. The highest BCUT2D eigenvalue weighted by molar-refractivity contribution is 5.37. The SMILES string of the molecule is CCNC1c2ccccc2CC1N1CCCCC1C. The van der Waals surface area contributed by atoms with E-state index in [1.165, 1.54) is 37.8 Å². The van der Waals surface area contributed by atoms with E-state index in [0.29, 0.717) is 12.1 Å². The highest BCUT2D eigenvalue weighted by Crippen LogP contribution is 2.36. The Hall–Kier alpha value is -0.860. The lowest BCUT2D eigenvalue weighted by Gasteiger charge is -2.41. The van der Waals surface area contributed by atoms with Crippen molar-refractivity contribution in [1.82, 2.24) is 10.2 Å². The van der Waals surface area contributed by atoms with Gasteiger partial charge in [0.1, 0.15) is 0 Å². The van der Waals surface area contributed by atoms with Gasteiger partial charge in [-0.2, -0.15) is 0 Å². The van der Waals surface area contributed by atoms with E-state index in [-0.39, 0.29) is 0 Å². The number of hydrogen-bond donors (Lipinski definition) is 1. The molecule has 0 radical (unpaired) electrons. The van der Waals surface area contributed by atoms with Crippen molar-refractivity contribution in [3.05, 3.63) is 35.4 Å². The number of rotatable bonds is 3. The van der Waals surface area contributed by atoms with Crippen LogP contribution in [0.3, 0.4) is 0 Å². The minimum Gasteiger partial charge on any atom is -0.309 e. The van der Waals surface area contributed by atoms with Crippen molar-refractivity contribution in [1.29, 1.82) is 0 Å². The van der Waals surface area contributed by atoms with Crippen LogP contribution < -0.4 is 5.32 Å². The first-order valence-corrected chi connectivity index (χ1v) is 7.88. The Balaban J connectivity index is 1.85. The van der Waals surface area contributed by atoms with E-state index < -0.39 is 0 Å². The maximum absolute atomic E-state index is 3.73. The van der Waals surface area contributed by atoms with Gasteiger partial charge < -0.3 is 5.32 Å². The molecule has 1 aliphatic heterocycles. The molecule has 0 bridgehead atoms. The molecule has 3 unspecified atom stereocenters. The molecule has 1 saturated heterocycles. The fraction of sp³-hybridized carbons (Fsp3) is 0.647. The molecule has 2 aliphatic rings. The molecule has 104 valence electrons. The van der Waals surface area contributed by atoms with Gasteiger partial charge in [-0.15, -0.1) is 0 Å². The van der Waals surface area contributed by atoms with Crippen molar-refractivity contribution in [2.75, 3.05) is 13.1 Å². The van der Waals surface area contributed by atoms with Crippen LogP contribution in [0.25, 0.3) is 0 Å². The summed E-state index contributed by atoms with van der Waals surface area (Å²) in [6.45, 7) is 6.96. The van der Waals surface area contributed by atoms with E-state index >= 15 is 0 Å². The zero-order valence-corrected chi connectivity index (χ0v) is 12.2. The summed E-state index contributed by atoms with van der Waals surface area (Å²) >= 11 is 0. The lowest BCUT2D eigenvalue weighted by atomic mass is 9.98. The van der Waals surface area contributed by atoms with Crippen LogP contribution in [0.1, 0.15) is 50.3 Å². The summed E-state index contributed by atoms with van der Waals surface area (Å²) in [4.78, 5) is 2.76. The van der Waals surface area contributed by atoms with Crippen LogP contribution in [-0.2, 0) is 6.42 Å². The molecule has 3 atom stereocenters. The van der Waals surface area contributed by atoms with Gasteiger partial charge in [0.25, 0.3) is 0 Å². The van der Waals surface area contributed by atoms with Crippen molar-refractivity contribution >= 4 is 0 Å². The van der Waals surface area contributed by atoms with Gasteiger partial charge in [0.15, 0.2) is 0 Å². The molecule has 1 N–H and O–H groups in total. The topological polar surface area (TPSA) is 15.3 Å². The largest absolute Gasteiger partial charge is 0.309 e. The Kier molecular flexibility index (Phi) is 3.90. The predicted octanol–water partition coefficient (Wildman–Crippen LogP) is 3.14. The monoisotopic (exact) mass is 258 g/mol. The van der Waals surface area contributed by atoms with Crippen molar-refractivity contribution in [2.45, 2.75) is 57.7 Å². The minimum atomic E-state index is 0.529. The highest BCUT2D eigenvalue weighted by Gasteiger charge is 2.37. The summed E-state index contributed by atoms with van der Waals surface area (Å²) in [5.74, 6) is 0. The van der Waals surface area contributed by atoms with Crippen LogP contribution in [0.4, 0.5) is 0 Å². The zero-order chi connectivity index (χ0) is 13.2. The number of hydrogen-bond acceptors (Lipinski definition) is 2. The molecule has 1 heterocycles. The van der Waals surface area contributed by atoms with Gasteiger partial charge in [-0.3, -0.25) is 4.90 Å². The number of likely N-dealkylation sites (N-methyl/N-ethyl adjacent to an activating group) is 1. The maximum atomic E-state index is 3.73. The van der Waals surface area contributed by atoms with Gasteiger partial charge in [-0.05, 0) is 50.4 Å². The second-order valence-corrected chi connectivity index (χ2v) is 6.09. The normalized spacial score (nSPS) is 31.4. The van der Waals surface area contributed by atoms with Gasteiger partial charge in [-0.1, -0.05) is 37.6 Å². The van der Waals surface area contributed by atoms with Crippen LogP contribution in [0.2, 0.25) is 0 Å². The van der Waals surface area contributed by atoms with E-state index in [9.17, 15) is 0 Å². The first-order chi connectivity index (χ1) is 9.31. The van der Waals surface area contributed by atoms with Gasteiger partial charge in [0.05, 0.1) is 0 Å². The van der Waals surface area contributed by atoms with Crippen LogP contribution in [0.5, 0.6) is 0 Å². The summed E-state index contributed by atoms with van der Waals surface area (Å²) in [6, 6.07) is 10.9. The zero-order valence-electron chi connectivity index (χ0n) is 12.2. The number of nitrogens with one attached hydrogen (secondary N) is 1. The van der Waals surface area contributed by atoms with Gasteiger partial charge >= 0.3 is 0 Å². The predicted molar refractivity (Wildman–Crippen MR) is 80.4 cm³/mol. The Morgan fingerprint density at radius 1 is 1.26 bits per heavy atom. The van der Waals surface area contributed by atoms with Crippen LogP contribution in [-0.4, -0.2) is 30.1 Å². The first kappa shape index (κ1) is 13.1. The van der Waals surface area contributed by atoms with E-state index in [1.54, 1.807) is 5.56 Å². The first-order valence-electron chi connectivity index (χ1n) is 7.88. The van der Waals surface area contributed by atoms with Crippen molar-refractivity contribution in [3.63, 3.8) is 0 Å². The maximum Gasteiger partial charge on any atom is 0.0484 e. The van der Waals surface area contributed by atoms with Gasteiger partial charge in [0, 0.05) is 18.1 Å². The Morgan fingerprint density at radius 3 is 2.89 bits per heavy atom. The minimum absolute atomic E-state index is 0.529. The van der Waals surface area contributed by atoms with Gasteiger partial charge in [-0.25, -0.2) is 0 Å². The molecule has 2 heteroatoms. The molecule has 1 aromatic rings. The molecule has 0 amide bonds. The highest BCUT2D eigenvalue weighted by atomic mass is 15.2. The summed E-state index contributed by atoms with van der Waals surface area (Å²) < 4.78 is 0.